The first-order chi connectivity index (χ1) is 15.5. The van der Waals surface area contributed by atoms with E-state index < -0.39 is 0 Å². The summed E-state index contributed by atoms with van der Waals surface area (Å²) in [6, 6.07) is 11.2. The van der Waals surface area contributed by atoms with Gasteiger partial charge >= 0.3 is 0 Å². The minimum Gasteiger partial charge on any atom is -0.368 e. The summed E-state index contributed by atoms with van der Waals surface area (Å²) in [6.45, 7) is 3.07. The monoisotopic (exact) mass is 508 g/mol. The van der Waals surface area contributed by atoms with Gasteiger partial charge in [0.05, 0.1) is 27.5 Å². The Balaban J connectivity index is 1.53. The van der Waals surface area contributed by atoms with Crippen LogP contribution in [0.5, 0.6) is 0 Å². The molecule has 0 amide bonds. The average molecular weight is 510 g/mol. The first kappa shape index (κ1) is 21.7. The summed E-state index contributed by atoms with van der Waals surface area (Å²) in [5.74, 6) is 1.84. The second-order valence-electron chi connectivity index (χ2n) is 6.87. The summed E-state index contributed by atoms with van der Waals surface area (Å²) in [6.07, 6.45) is 5.09. The Morgan fingerprint density at radius 1 is 1.06 bits per heavy atom. The van der Waals surface area contributed by atoms with Gasteiger partial charge in [-0.1, -0.05) is 33.6 Å². The zero-order valence-corrected chi connectivity index (χ0v) is 19.4. The summed E-state index contributed by atoms with van der Waals surface area (Å²) in [4.78, 5) is 21.0. The number of halogens is 2. The molecule has 160 valence electrons. The predicted molar refractivity (Wildman–Crippen MR) is 128 cm³/mol. The maximum Gasteiger partial charge on any atom is 0.223 e. The van der Waals surface area contributed by atoms with Gasteiger partial charge in [-0.25, -0.2) is 19.9 Å². The summed E-state index contributed by atoms with van der Waals surface area (Å²) < 4.78 is 0.886. The fourth-order valence-electron chi connectivity index (χ4n) is 3.01. The number of anilines is 2. The fourth-order valence-corrected chi connectivity index (χ4v) is 3.77. The Hall–Kier alpha value is -3.48. The molecule has 3 heterocycles. The summed E-state index contributed by atoms with van der Waals surface area (Å²) in [7, 11) is 0. The van der Waals surface area contributed by atoms with E-state index >= 15 is 0 Å². The van der Waals surface area contributed by atoms with Gasteiger partial charge in [0.1, 0.15) is 17.7 Å². The lowest BCUT2D eigenvalue weighted by atomic mass is 10.1. The highest BCUT2D eigenvalue weighted by atomic mass is 79.9. The molecule has 0 aliphatic heterocycles. The van der Waals surface area contributed by atoms with Crippen molar-refractivity contribution in [1.29, 1.82) is 5.26 Å². The summed E-state index contributed by atoms with van der Waals surface area (Å²) in [5, 5.41) is 15.8. The molecule has 0 unspecified atom stereocenters. The molecule has 3 N–H and O–H groups in total. The third-order valence-corrected chi connectivity index (χ3v) is 5.35. The molecule has 4 aromatic rings. The van der Waals surface area contributed by atoms with Crippen molar-refractivity contribution in [1.82, 2.24) is 24.9 Å². The minimum atomic E-state index is 0.473. The molecule has 1 aromatic carbocycles. The van der Waals surface area contributed by atoms with Crippen molar-refractivity contribution in [2.75, 3.05) is 23.7 Å². The minimum absolute atomic E-state index is 0.473. The molecule has 0 fully saturated rings. The fraction of sp³-hybridized carbons (Fsp3) is 0.136. The molecule has 3 aromatic heterocycles. The highest BCUT2D eigenvalue weighted by molar-refractivity contribution is 9.10. The van der Waals surface area contributed by atoms with E-state index in [0.29, 0.717) is 47.0 Å². The van der Waals surface area contributed by atoms with Crippen molar-refractivity contribution in [3.8, 4) is 28.7 Å². The number of nitrogens with zero attached hydrogens (tertiary/aromatic N) is 5. The maximum atomic E-state index is 8.85. The molecule has 0 atom stereocenters. The molecule has 8 nitrogen and oxygen atoms in total. The number of rotatable bonds is 7. The van der Waals surface area contributed by atoms with E-state index in [2.05, 4.69) is 46.5 Å². The Morgan fingerprint density at radius 3 is 2.59 bits per heavy atom. The second kappa shape index (κ2) is 9.77. The molecular weight excluding hydrogens is 492 g/mol. The van der Waals surface area contributed by atoms with Gasteiger partial charge in [-0.15, -0.1) is 0 Å². The van der Waals surface area contributed by atoms with Crippen LogP contribution in [0.25, 0.3) is 22.6 Å². The van der Waals surface area contributed by atoms with Crippen molar-refractivity contribution in [2.24, 2.45) is 0 Å². The number of hydrogen-bond acceptors (Lipinski definition) is 7. The topological polar surface area (TPSA) is 115 Å². The molecule has 4 rings (SSSR count). The van der Waals surface area contributed by atoms with Gasteiger partial charge in [0.15, 0.2) is 0 Å². The van der Waals surface area contributed by atoms with E-state index in [9.17, 15) is 0 Å². The van der Waals surface area contributed by atoms with Crippen molar-refractivity contribution in [3.05, 3.63) is 69.7 Å². The number of aromatic amines is 1. The number of imidazole rings is 1. The van der Waals surface area contributed by atoms with Crippen molar-refractivity contribution < 1.29 is 0 Å². The highest BCUT2D eigenvalue weighted by Crippen LogP contribution is 2.35. The molecular formula is C22H18BrClN8. The Labute approximate surface area is 198 Å². The van der Waals surface area contributed by atoms with E-state index in [1.54, 1.807) is 18.3 Å². The molecule has 0 spiro atoms. The van der Waals surface area contributed by atoms with Crippen molar-refractivity contribution in [3.63, 3.8) is 0 Å². The zero-order chi connectivity index (χ0) is 22.5. The lowest BCUT2D eigenvalue weighted by molar-refractivity contribution is 1.02. The first-order valence-corrected chi connectivity index (χ1v) is 10.9. The number of benzene rings is 1. The van der Waals surface area contributed by atoms with E-state index in [4.69, 9.17) is 21.8 Å². The van der Waals surface area contributed by atoms with Crippen LogP contribution < -0.4 is 10.6 Å². The van der Waals surface area contributed by atoms with Crippen LogP contribution in [0.2, 0.25) is 5.02 Å². The summed E-state index contributed by atoms with van der Waals surface area (Å²) >= 11 is 9.96. The third kappa shape index (κ3) is 5.04. The SMILES string of the molecule is Cc1c[nH]c(-c2cnc(NCCNc3ccc(C#N)cn3)nc2-c2ccc(Br)cc2Cl)n1. The van der Waals surface area contributed by atoms with Crippen LogP contribution in [0.1, 0.15) is 11.3 Å². The van der Waals surface area contributed by atoms with Crippen LogP contribution in [0.3, 0.4) is 0 Å². The van der Waals surface area contributed by atoms with Crippen LogP contribution in [-0.4, -0.2) is 38.0 Å². The van der Waals surface area contributed by atoms with E-state index in [0.717, 1.165) is 21.3 Å². The molecule has 0 saturated heterocycles. The first-order valence-electron chi connectivity index (χ1n) is 9.72. The number of hydrogen-bond donors (Lipinski definition) is 3. The number of aromatic nitrogens is 5. The smallest absolute Gasteiger partial charge is 0.223 e. The third-order valence-electron chi connectivity index (χ3n) is 4.54. The standard InChI is InChI=1S/C22H18BrClN8/c1-13-10-29-21(31-13)17-12-30-22(32-20(17)16-4-3-15(23)8-18(16)24)27-7-6-26-19-5-2-14(9-25)11-28-19/h2-5,8,10-12H,6-7H2,1H3,(H,26,28)(H,29,31)(H,27,30,32). The maximum absolute atomic E-state index is 8.85. The Morgan fingerprint density at radius 2 is 1.91 bits per heavy atom. The number of nitrogens with one attached hydrogen (secondary N) is 3. The van der Waals surface area contributed by atoms with Gasteiger partial charge in [-0.05, 0) is 31.2 Å². The van der Waals surface area contributed by atoms with Crippen LogP contribution in [-0.2, 0) is 0 Å². The quantitative estimate of drug-likeness (QED) is 0.299. The van der Waals surface area contributed by atoms with Gasteiger partial charge in [-0.2, -0.15) is 5.26 Å². The van der Waals surface area contributed by atoms with Crippen LogP contribution in [0, 0.1) is 18.3 Å². The number of H-pyrrole nitrogens is 1. The second-order valence-corrected chi connectivity index (χ2v) is 8.19. The molecule has 0 aliphatic rings. The molecule has 32 heavy (non-hydrogen) atoms. The van der Waals surface area contributed by atoms with Crippen molar-refractivity contribution in [2.45, 2.75) is 6.92 Å². The largest absolute Gasteiger partial charge is 0.368 e. The van der Waals surface area contributed by atoms with Crippen molar-refractivity contribution >= 4 is 39.3 Å². The molecule has 0 aliphatic carbocycles. The van der Waals surface area contributed by atoms with Crippen LogP contribution >= 0.6 is 27.5 Å². The van der Waals surface area contributed by atoms with E-state index in [1.807, 2.05) is 37.4 Å². The van der Waals surface area contributed by atoms with E-state index in [1.165, 1.54) is 6.20 Å². The molecule has 10 heteroatoms. The average Bonchev–Trinajstić information content (AvgIpc) is 3.23. The molecule has 0 radical (unpaired) electrons. The van der Waals surface area contributed by atoms with Crippen LogP contribution in [0.15, 0.2) is 53.4 Å². The zero-order valence-electron chi connectivity index (χ0n) is 17.0. The molecule has 0 bridgehead atoms. The predicted octanol–water partition coefficient (Wildman–Crippen LogP) is 5.05. The van der Waals surface area contributed by atoms with Gasteiger partial charge in [0.25, 0.3) is 0 Å². The summed E-state index contributed by atoms with van der Waals surface area (Å²) in [5.41, 5.74) is 3.61. The number of nitriles is 1. The lowest BCUT2D eigenvalue weighted by Crippen LogP contribution is -2.16. The number of aryl methyl sites for hydroxylation is 1. The van der Waals surface area contributed by atoms with Gasteiger partial charge < -0.3 is 15.6 Å². The van der Waals surface area contributed by atoms with Crippen LogP contribution in [0.4, 0.5) is 11.8 Å². The lowest BCUT2D eigenvalue weighted by Gasteiger charge is -2.12. The van der Waals surface area contributed by atoms with Gasteiger partial charge in [0, 0.05) is 41.7 Å². The van der Waals surface area contributed by atoms with Gasteiger partial charge in [0.2, 0.25) is 5.95 Å². The highest BCUT2D eigenvalue weighted by Gasteiger charge is 2.16. The number of pyridine rings is 1. The van der Waals surface area contributed by atoms with E-state index in [-0.39, 0.29) is 0 Å². The van der Waals surface area contributed by atoms with Gasteiger partial charge in [-0.3, -0.25) is 0 Å². The Kier molecular flexibility index (Phi) is 6.63. The normalized spacial score (nSPS) is 10.6. The Bertz CT molecular complexity index is 1280. The molecule has 0 saturated carbocycles.